The van der Waals surface area contributed by atoms with Gasteiger partial charge in [0.1, 0.15) is 0 Å². The lowest BCUT2D eigenvalue weighted by Gasteiger charge is -2.15. The predicted molar refractivity (Wildman–Crippen MR) is 86.5 cm³/mol. The second-order valence-electron chi connectivity index (χ2n) is 4.99. The Morgan fingerprint density at radius 1 is 1.24 bits per heavy atom. The molecule has 110 valence electrons. The van der Waals surface area contributed by atoms with Gasteiger partial charge in [0, 0.05) is 10.6 Å². The second-order valence-corrected chi connectivity index (χ2v) is 5.42. The molecule has 1 amide bonds. The lowest BCUT2D eigenvalue weighted by atomic mass is 10.1. The predicted octanol–water partition coefficient (Wildman–Crippen LogP) is 3.33. The number of benzene rings is 2. The highest BCUT2D eigenvalue weighted by Gasteiger charge is 2.11. The summed E-state index contributed by atoms with van der Waals surface area (Å²) in [6, 6.07) is 14.9. The van der Waals surface area contributed by atoms with Gasteiger partial charge in [-0.2, -0.15) is 0 Å². The van der Waals surface area contributed by atoms with Gasteiger partial charge in [-0.1, -0.05) is 35.9 Å². The van der Waals surface area contributed by atoms with Gasteiger partial charge in [0.2, 0.25) is 0 Å². The van der Waals surface area contributed by atoms with Crippen molar-refractivity contribution in [1.82, 2.24) is 5.32 Å². The third-order valence-electron chi connectivity index (χ3n) is 3.35. The highest BCUT2D eigenvalue weighted by atomic mass is 35.5. The average Bonchev–Trinajstić information content (AvgIpc) is 2.48. The largest absolute Gasteiger partial charge is 0.346 e. The number of hydrogen-bond acceptors (Lipinski definition) is 2. The molecule has 0 spiro atoms. The molecule has 2 aromatic carbocycles. The monoisotopic (exact) mass is 302 g/mol. The molecule has 0 saturated carbocycles. The third kappa shape index (κ3) is 4.31. The Labute approximate surface area is 130 Å². The smallest absolute Gasteiger partial charge is 0.251 e. The molecule has 2 rings (SSSR count). The summed E-state index contributed by atoms with van der Waals surface area (Å²) in [6.07, 6.45) is 0.820. The van der Waals surface area contributed by atoms with E-state index in [1.165, 1.54) is 0 Å². The lowest BCUT2D eigenvalue weighted by Crippen LogP contribution is -2.26. The highest BCUT2D eigenvalue weighted by Crippen LogP contribution is 2.18. The van der Waals surface area contributed by atoms with Gasteiger partial charge in [-0.25, -0.2) is 0 Å². The van der Waals surface area contributed by atoms with Crippen LogP contribution in [-0.2, 0) is 6.42 Å². The fraction of sp³-hybridized carbons (Fsp3) is 0.235. The van der Waals surface area contributed by atoms with Gasteiger partial charge in [-0.3, -0.25) is 4.79 Å². The minimum atomic E-state index is -0.0973. The van der Waals surface area contributed by atoms with Gasteiger partial charge in [0.05, 0.1) is 6.04 Å². The molecule has 0 unspecified atom stereocenters. The topological polar surface area (TPSA) is 55.1 Å². The van der Waals surface area contributed by atoms with Crippen molar-refractivity contribution < 1.29 is 4.79 Å². The van der Waals surface area contributed by atoms with E-state index in [1.807, 2.05) is 55.5 Å². The zero-order valence-electron chi connectivity index (χ0n) is 12.0. The Morgan fingerprint density at radius 3 is 2.57 bits per heavy atom. The summed E-state index contributed by atoms with van der Waals surface area (Å²) in [5.41, 5.74) is 8.27. The van der Waals surface area contributed by atoms with Crippen molar-refractivity contribution in [1.29, 1.82) is 0 Å². The van der Waals surface area contributed by atoms with E-state index >= 15 is 0 Å². The number of carbonyl (C=O) groups excluding carboxylic acids is 1. The van der Waals surface area contributed by atoms with E-state index in [0.29, 0.717) is 17.1 Å². The van der Waals surface area contributed by atoms with E-state index in [2.05, 4.69) is 5.32 Å². The molecule has 0 aliphatic carbocycles. The Kier molecular flexibility index (Phi) is 5.37. The molecule has 21 heavy (non-hydrogen) atoms. The first-order chi connectivity index (χ1) is 10.1. The molecular formula is C17H19ClN2O. The maximum atomic E-state index is 12.2. The van der Waals surface area contributed by atoms with Crippen LogP contribution in [0.5, 0.6) is 0 Å². The first kappa shape index (κ1) is 15.5. The Bertz CT molecular complexity index is 610. The summed E-state index contributed by atoms with van der Waals surface area (Å²) in [4.78, 5) is 12.2. The van der Waals surface area contributed by atoms with Gasteiger partial charge in [-0.05, 0) is 55.3 Å². The van der Waals surface area contributed by atoms with Crippen LogP contribution in [0, 0.1) is 0 Å². The molecule has 3 N–H and O–H groups in total. The maximum Gasteiger partial charge on any atom is 0.251 e. The van der Waals surface area contributed by atoms with Crippen molar-refractivity contribution in [2.45, 2.75) is 19.4 Å². The highest BCUT2D eigenvalue weighted by molar-refractivity contribution is 6.30. The van der Waals surface area contributed by atoms with Crippen LogP contribution in [0.4, 0.5) is 0 Å². The number of hydrogen-bond donors (Lipinski definition) is 2. The standard InChI is InChI=1S/C17H19ClN2O/c1-12(15-3-2-4-16(18)11-15)20-17(21)14-7-5-13(6-8-14)9-10-19/h2-8,11-12H,9-10,19H2,1H3,(H,20,21)/t12-/m0/s1. The van der Waals surface area contributed by atoms with E-state index in [1.54, 1.807) is 0 Å². The Morgan fingerprint density at radius 2 is 1.95 bits per heavy atom. The van der Waals surface area contributed by atoms with Crippen molar-refractivity contribution in [3.05, 3.63) is 70.2 Å². The van der Waals surface area contributed by atoms with Crippen molar-refractivity contribution in [2.75, 3.05) is 6.54 Å². The summed E-state index contributed by atoms with van der Waals surface area (Å²) in [5.74, 6) is -0.0956. The number of nitrogens with two attached hydrogens (primary N) is 1. The van der Waals surface area contributed by atoms with Crippen molar-refractivity contribution in [3.8, 4) is 0 Å². The molecule has 3 nitrogen and oxygen atoms in total. The second kappa shape index (κ2) is 7.25. The molecule has 0 aliphatic rings. The molecule has 0 saturated heterocycles. The number of amides is 1. The van der Waals surface area contributed by atoms with Crippen LogP contribution in [-0.4, -0.2) is 12.5 Å². The molecule has 0 fully saturated rings. The lowest BCUT2D eigenvalue weighted by molar-refractivity contribution is 0.0940. The van der Waals surface area contributed by atoms with E-state index < -0.39 is 0 Å². The van der Waals surface area contributed by atoms with Gasteiger partial charge >= 0.3 is 0 Å². The van der Waals surface area contributed by atoms with Crippen LogP contribution >= 0.6 is 11.6 Å². The van der Waals surface area contributed by atoms with Gasteiger partial charge in [0.25, 0.3) is 5.91 Å². The molecular weight excluding hydrogens is 284 g/mol. The van der Waals surface area contributed by atoms with E-state index in [0.717, 1.165) is 17.5 Å². The molecule has 0 aromatic heterocycles. The number of rotatable bonds is 5. The summed E-state index contributed by atoms with van der Waals surface area (Å²) in [6.45, 7) is 2.55. The quantitative estimate of drug-likeness (QED) is 0.890. The van der Waals surface area contributed by atoms with Crippen molar-refractivity contribution >= 4 is 17.5 Å². The molecule has 2 aromatic rings. The van der Waals surface area contributed by atoms with Crippen LogP contribution in [0.1, 0.15) is 34.5 Å². The molecule has 4 heteroatoms. The molecule has 0 radical (unpaired) electrons. The average molecular weight is 303 g/mol. The van der Waals surface area contributed by atoms with Crippen LogP contribution in [0.15, 0.2) is 48.5 Å². The summed E-state index contributed by atoms with van der Waals surface area (Å²) < 4.78 is 0. The van der Waals surface area contributed by atoms with E-state index in [4.69, 9.17) is 17.3 Å². The number of halogens is 1. The normalized spacial score (nSPS) is 12.0. The van der Waals surface area contributed by atoms with E-state index in [9.17, 15) is 4.79 Å². The van der Waals surface area contributed by atoms with Crippen LogP contribution in [0.3, 0.4) is 0 Å². The zero-order valence-corrected chi connectivity index (χ0v) is 12.7. The van der Waals surface area contributed by atoms with Crippen molar-refractivity contribution in [3.63, 3.8) is 0 Å². The van der Waals surface area contributed by atoms with Crippen LogP contribution < -0.4 is 11.1 Å². The zero-order chi connectivity index (χ0) is 15.2. The SMILES string of the molecule is C[C@H](NC(=O)c1ccc(CCN)cc1)c1cccc(Cl)c1. The summed E-state index contributed by atoms with van der Waals surface area (Å²) >= 11 is 5.97. The van der Waals surface area contributed by atoms with Crippen molar-refractivity contribution in [2.24, 2.45) is 5.73 Å². The Balaban J connectivity index is 2.03. The first-order valence-corrected chi connectivity index (χ1v) is 7.33. The fourth-order valence-corrected chi connectivity index (χ4v) is 2.33. The van der Waals surface area contributed by atoms with Gasteiger partial charge < -0.3 is 11.1 Å². The van der Waals surface area contributed by atoms with Gasteiger partial charge in [-0.15, -0.1) is 0 Å². The molecule has 0 bridgehead atoms. The third-order valence-corrected chi connectivity index (χ3v) is 3.58. The van der Waals surface area contributed by atoms with E-state index in [-0.39, 0.29) is 11.9 Å². The minimum Gasteiger partial charge on any atom is -0.346 e. The van der Waals surface area contributed by atoms with Gasteiger partial charge in [0.15, 0.2) is 0 Å². The first-order valence-electron chi connectivity index (χ1n) is 6.95. The molecule has 0 heterocycles. The maximum absolute atomic E-state index is 12.2. The number of carbonyl (C=O) groups is 1. The minimum absolute atomic E-state index is 0.0956. The summed E-state index contributed by atoms with van der Waals surface area (Å²) in [7, 11) is 0. The fourth-order valence-electron chi connectivity index (χ4n) is 2.13. The number of nitrogens with one attached hydrogen (secondary N) is 1. The van der Waals surface area contributed by atoms with Crippen LogP contribution in [0.2, 0.25) is 5.02 Å². The summed E-state index contributed by atoms with van der Waals surface area (Å²) in [5, 5.41) is 3.64. The molecule has 0 aliphatic heterocycles. The Hall–Kier alpha value is -1.84. The van der Waals surface area contributed by atoms with Crippen LogP contribution in [0.25, 0.3) is 0 Å². The molecule has 1 atom stereocenters.